The molecule has 1 aromatic heterocycles. The van der Waals surface area contributed by atoms with Crippen LogP contribution < -0.4 is 4.80 Å². The van der Waals surface area contributed by atoms with E-state index in [0.717, 1.165) is 21.7 Å². The van der Waals surface area contributed by atoms with Gasteiger partial charge in [-0.05, 0) is 36.8 Å². The first kappa shape index (κ1) is 18.9. The van der Waals surface area contributed by atoms with Gasteiger partial charge in [0.1, 0.15) is 0 Å². The Labute approximate surface area is 160 Å². The van der Waals surface area contributed by atoms with Gasteiger partial charge in [0.2, 0.25) is 0 Å². The minimum atomic E-state index is 0. The standard InChI is InChI=1S/C18H17ClN2OS.BrH/c1-13-2-4-14(5-3-13)17-12-23-18(21(17)10-11-22)20-16-8-6-15(19)7-9-16;/h2-9,12,22H,10-11H2,1H3;1H. The number of halogens is 2. The number of aromatic nitrogens is 1. The molecule has 0 spiro atoms. The van der Waals surface area contributed by atoms with Crippen LogP contribution in [0.3, 0.4) is 0 Å². The molecule has 6 heteroatoms. The molecular weight excluding hydrogens is 408 g/mol. The molecule has 0 aliphatic rings. The number of hydrogen-bond acceptors (Lipinski definition) is 3. The van der Waals surface area contributed by atoms with E-state index in [4.69, 9.17) is 11.6 Å². The van der Waals surface area contributed by atoms with Crippen molar-refractivity contribution in [1.82, 2.24) is 4.57 Å². The van der Waals surface area contributed by atoms with Crippen LogP contribution in [-0.4, -0.2) is 16.3 Å². The van der Waals surface area contributed by atoms with Crippen molar-refractivity contribution in [1.29, 1.82) is 0 Å². The molecule has 3 nitrogen and oxygen atoms in total. The fraction of sp³-hybridized carbons (Fsp3) is 0.167. The molecule has 0 unspecified atom stereocenters. The number of rotatable bonds is 4. The van der Waals surface area contributed by atoms with Crippen LogP contribution in [0.4, 0.5) is 5.69 Å². The van der Waals surface area contributed by atoms with Crippen LogP contribution in [0.2, 0.25) is 5.02 Å². The second-order valence-electron chi connectivity index (χ2n) is 5.23. The second kappa shape index (κ2) is 8.62. The van der Waals surface area contributed by atoms with Crippen LogP contribution in [0, 0.1) is 6.92 Å². The van der Waals surface area contributed by atoms with Gasteiger partial charge in [-0.2, -0.15) is 0 Å². The van der Waals surface area contributed by atoms with Crippen LogP contribution in [0.1, 0.15) is 5.56 Å². The van der Waals surface area contributed by atoms with E-state index in [2.05, 4.69) is 41.6 Å². The number of aliphatic hydroxyl groups is 1. The van der Waals surface area contributed by atoms with E-state index in [0.29, 0.717) is 11.6 Å². The summed E-state index contributed by atoms with van der Waals surface area (Å²) in [5.41, 5.74) is 4.26. The SMILES string of the molecule is Br.Cc1ccc(-c2csc(=Nc3ccc(Cl)cc3)n2CCO)cc1. The zero-order valence-corrected chi connectivity index (χ0v) is 16.4. The summed E-state index contributed by atoms with van der Waals surface area (Å²) in [7, 11) is 0. The summed E-state index contributed by atoms with van der Waals surface area (Å²) >= 11 is 7.48. The number of thiazole rings is 1. The van der Waals surface area contributed by atoms with Gasteiger partial charge in [-0.3, -0.25) is 0 Å². The van der Waals surface area contributed by atoms with Crippen LogP contribution in [0.25, 0.3) is 11.3 Å². The molecule has 0 amide bonds. The molecule has 0 aliphatic carbocycles. The van der Waals surface area contributed by atoms with Crippen molar-refractivity contribution < 1.29 is 5.11 Å². The number of hydrogen-bond donors (Lipinski definition) is 1. The minimum Gasteiger partial charge on any atom is -0.395 e. The lowest BCUT2D eigenvalue weighted by atomic mass is 10.1. The summed E-state index contributed by atoms with van der Waals surface area (Å²) in [6.07, 6.45) is 0. The van der Waals surface area contributed by atoms with Gasteiger partial charge in [0.25, 0.3) is 0 Å². The summed E-state index contributed by atoms with van der Waals surface area (Å²) in [6.45, 7) is 2.66. The fourth-order valence-electron chi connectivity index (χ4n) is 2.32. The molecule has 0 saturated heterocycles. The van der Waals surface area contributed by atoms with E-state index in [9.17, 15) is 5.11 Å². The minimum absolute atomic E-state index is 0. The third kappa shape index (κ3) is 4.36. The highest BCUT2D eigenvalue weighted by molar-refractivity contribution is 8.93. The molecule has 3 rings (SSSR count). The predicted molar refractivity (Wildman–Crippen MR) is 107 cm³/mol. The molecule has 0 radical (unpaired) electrons. The molecule has 24 heavy (non-hydrogen) atoms. The largest absolute Gasteiger partial charge is 0.395 e. The molecule has 0 atom stereocenters. The van der Waals surface area contributed by atoms with Gasteiger partial charge in [0.15, 0.2) is 4.80 Å². The van der Waals surface area contributed by atoms with Gasteiger partial charge in [0.05, 0.1) is 18.0 Å². The third-order valence-electron chi connectivity index (χ3n) is 3.52. The van der Waals surface area contributed by atoms with Crippen molar-refractivity contribution in [3.63, 3.8) is 0 Å². The summed E-state index contributed by atoms with van der Waals surface area (Å²) < 4.78 is 2.05. The molecular formula is C18H18BrClN2OS. The monoisotopic (exact) mass is 424 g/mol. The summed E-state index contributed by atoms with van der Waals surface area (Å²) in [6, 6.07) is 15.8. The maximum Gasteiger partial charge on any atom is 0.190 e. The molecule has 3 aromatic rings. The Morgan fingerprint density at radius 2 is 1.75 bits per heavy atom. The summed E-state index contributed by atoms with van der Waals surface area (Å²) in [4.78, 5) is 5.53. The van der Waals surface area contributed by atoms with Crippen molar-refractivity contribution in [3.05, 3.63) is 69.3 Å². The highest BCUT2D eigenvalue weighted by atomic mass is 79.9. The Balaban J connectivity index is 0.00000208. The first-order valence-corrected chi connectivity index (χ1v) is 8.59. The lowest BCUT2D eigenvalue weighted by Gasteiger charge is -2.07. The van der Waals surface area contributed by atoms with E-state index >= 15 is 0 Å². The van der Waals surface area contributed by atoms with Crippen LogP contribution in [-0.2, 0) is 6.54 Å². The highest BCUT2D eigenvalue weighted by Gasteiger charge is 2.07. The number of nitrogens with zero attached hydrogens (tertiary/aromatic N) is 2. The van der Waals surface area contributed by atoms with Crippen LogP contribution in [0.15, 0.2) is 58.9 Å². The molecule has 0 fully saturated rings. The Kier molecular flexibility index (Phi) is 6.80. The average molecular weight is 426 g/mol. The van der Waals surface area contributed by atoms with Gasteiger partial charge in [-0.1, -0.05) is 41.4 Å². The van der Waals surface area contributed by atoms with Gasteiger partial charge >= 0.3 is 0 Å². The summed E-state index contributed by atoms with van der Waals surface area (Å²) in [5.74, 6) is 0. The molecule has 2 aromatic carbocycles. The molecule has 0 saturated carbocycles. The van der Waals surface area contributed by atoms with Crippen LogP contribution >= 0.6 is 39.9 Å². The lowest BCUT2D eigenvalue weighted by Crippen LogP contribution is -2.17. The van der Waals surface area contributed by atoms with Crippen molar-refractivity contribution in [2.45, 2.75) is 13.5 Å². The molecule has 1 heterocycles. The third-order valence-corrected chi connectivity index (χ3v) is 4.64. The van der Waals surface area contributed by atoms with E-state index in [-0.39, 0.29) is 23.6 Å². The fourth-order valence-corrected chi connectivity index (χ4v) is 3.40. The van der Waals surface area contributed by atoms with E-state index in [1.165, 1.54) is 5.56 Å². The van der Waals surface area contributed by atoms with E-state index in [1.807, 2.05) is 28.8 Å². The zero-order valence-electron chi connectivity index (χ0n) is 13.1. The van der Waals surface area contributed by atoms with Gasteiger partial charge in [-0.15, -0.1) is 28.3 Å². The maximum absolute atomic E-state index is 9.41. The average Bonchev–Trinajstić information content (AvgIpc) is 2.94. The highest BCUT2D eigenvalue weighted by Crippen LogP contribution is 2.22. The topological polar surface area (TPSA) is 37.5 Å². The number of benzene rings is 2. The normalized spacial score (nSPS) is 11.4. The quantitative estimate of drug-likeness (QED) is 0.629. The molecule has 1 N–H and O–H groups in total. The Hall–Kier alpha value is -1.40. The maximum atomic E-state index is 9.41. The Bertz CT molecular complexity index is 854. The van der Waals surface area contributed by atoms with Crippen molar-refractivity contribution in [2.24, 2.45) is 4.99 Å². The zero-order chi connectivity index (χ0) is 16.2. The van der Waals surface area contributed by atoms with Crippen molar-refractivity contribution >= 4 is 45.6 Å². The number of aliphatic hydroxyl groups excluding tert-OH is 1. The van der Waals surface area contributed by atoms with Crippen molar-refractivity contribution in [2.75, 3.05) is 6.61 Å². The molecule has 0 aliphatic heterocycles. The molecule has 0 bridgehead atoms. The smallest absolute Gasteiger partial charge is 0.190 e. The van der Waals surface area contributed by atoms with Crippen molar-refractivity contribution in [3.8, 4) is 11.3 Å². The Morgan fingerprint density at radius 1 is 1.08 bits per heavy atom. The van der Waals surface area contributed by atoms with Crippen LogP contribution in [0.5, 0.6) is 0 Å². The molecule has 126 valence electrons. The van der Waals surface area contributed by atoms with Gasteiger partial charge < -0.3 is 9.67 Å². The second-order valence-corrected chi connectivity index (χ2v) is 6.51. The van der Waals surface area contributed by atoms with E-state index < -0.39 is 0 Å². The Morgan fingerprint density at radius 3 is 2.38 bits per heavy atom. The number of aryl methyl sites for hydroxylation is 1. The first-order chi connectivity index (χ1) is 11.2. The first-order valence-electron chi connectivity index (χ1n) is 7.34. The lowest BCUT2D eigenvalue weighted by molar-refractivity contribution is 0.275. The predicted octanol–water partition coefficient (Wildman–Crippen LogP) is 4.98. The van der Waals surface area contributed by atoms with Gasteiger partial charge in [-0.25, -0.2) is 4.99 Å². The van der Waals surface area contributed by atoms with Gasteiger partial charge in [0, 0.05) is 16.9 Å². The van der Waals surface area contributed by atoms with E-state index in [1.54, 1.807) is 11.3 Å². The summed E-state index contributed by atoms with van der Waals surface area (Å²) in [5, 5.41) is 12.2.